The summed E-state index contributed by atoms with van der Waals surface area (Å²) in [5.74, 6) is 0.881. The van der Waals surface area contributed by atoms with E-state index >= 15 is 0 Å². The van der Waals surface area contributed by atoms with Crippen molar-refractivity contribution < 1.29 is 0 Å². The van der Waals surface area contributed by atoms with Gasteiger partial charge in [-0.15, -0.1) is 0 Å². The molecule has 0 bridgehead atoms. The van der Waals surface area contributed by atoms with Crippen LogP contribution in [0.3, 0.4) is 0 Å². The van der Waals surface area contributed by atoms with E-state index in [0.29, 0.717) is 6.42 Å². The maximum Gasteiger partial charge on any atom is 0.138 e. The molecule has 0 aliphatic rings. The Balaban J connectivity index is 2.20. The minimum Gasteiger partial charge on any atom is -0.324 e. The van der Waals surface area contributed by atoms with Crippen LogP contribution in [0, 0.1) is 6.92 Å². The molecular weight excluding hydrogens is 236 g/mol. The van der Waals surface area contributed by atoms with Gasteiger partial charge in [-0.2, -0.15) is 5.10 Å². The second kappa shape index (κ2) is 4.85. The molecule has 1 aromatic heterocycles. The highest BCUT2D eigenvalue weighted by molar-refractivity contribution is 6.30. The lowest BCUT2D eigenvalue weighted by Gasteiger charge is -2.14. The first-order chi connectivity index (χ1) is 8.08. The Morgan fingerprint density at radius 3 is 2.82 bits per heavy atom. The van der Waals surface area contributed by atoms with Crippen LogP contribution < -0.4 is 5.73 Å². The van der Waals surface area contributed by atoms with Crippen LogP contribution in [-0.4, -0.2) is 14.8 Å². The van der Waals surface area contributed by atoms with Crippen LogP contribution in [0.25, 0.3) is 0 Å². The summed E-state index contributed by atoms with van der Waals surface area (Å²) in [6, 6.07) is 5.67. The molecule has 90 valence electrons. The Labute approximate surface area is 105 Å². The topological polar surface area (TPSA) is 56.7 Å². The molecular formula is C12H15ClN4. The minimum atomic E-state index is -0.0878. The minimum absolute atomic E-state index is 0.0878. The van der Waals surface area contributed by atoms with Gasteiger partial charge in [0.2, 0.25) is 0 Å². The average molecular weight is 251 g/mol. The number of hydrogen-bond acceptors (Lipinski definition) is 3. The van der Waals surface area contributed by atoms with Gasteiger partial charge >= 0.3 is 0 Å². The maximum absolute atomic E-state index is 6.18. The van der Waals surface area contributed by atoms with Gasteiger partial charge in [0.15, 0.2) is 0 Å². The molecule has 2 N–H and O–H groups in total. The van der Waals surface area contributed by atoms with Gasteiger partial charge in [0.1, 0.15) is 12.2 Å². The standard InChI is InChI=1S/C12H15ClN4/c1-8-5-9(13)3-4-10(8)11(14)6-12-15-7-16-17(12)2/h3-5,7,11H,6,14H2,1-2H3. The summed E-state index contributed by atoms with van der Waals surface area (Å²) in [7, 11) is 1.86. The quantitative estimate of drug-likeness (QED) is 0.907. The summed E-state index contributed by atoms with van der Waals surface area (Å²) in [4.78, 5) is 4.17. The van der Waals surface area contributed by atoms with Gasteiger partial charge in [-0.05, 0) is 30.2 Å². The van der Waals surface area contributed by atoms with Gasteiger partial charge in [-0.25, -0.2) is 4.98 Å². The maximum atomic E-state index is 6.18. The number of halogens is 1. The fraction of sp³-hybridized carbons (Fsp3) is 0.333. The largest absolute Gasteiger partial charge is 0.324 e. The first-order valence-corrected chi connectivity index (χ1v) is 5.80. The monoisotopic (exact) mass is 250 g/mol. The van der Waals surface area contributed by atoms with Crippen molar-refractivity contribution in [2.45, 2.75) is 19.4 Å². The molecule has 0 amide bonds. The fourth-order valence-electron chi connectivity index (χ4n) is 1.87. The normalized spacial score (nSPS) is 12.7. The number of benzene rings is 1. The smallest absolute Gasteiger partial charge is 0.138 e. The molecule has 0 saturated carbocycles. The highest BCUT2D eigenvalue weighted by Gasteiger charge is 2.12. The van der Waals surface area contributed by atoms with Crippen LogP contribution in [0.4, 0.5) is 0 Å². The van der Waals surface area contributed by atoms with Gasteiger partial charge in [-0.3, -0.25) is 4.68 Å². The van der Waals surface area contributed by atoms with Crippen molar-refractivity contribution in [1.82, 2.24) is 14.8 Å². The zero-order valence-corrected chi connectivity index (χ0v) is 10.6. The molecule has 1 aromatic carbocycles. The van der Waals surface area contributed by atoms with Gasteiger partial charge in [0.25, 0.3) is 0 Å². The molecule has 0 aliphatic carbocycles. The molecule has 1 heterocycles. The highest BCUT2D eigenvalue weighted by Crippen LogP contribution is 2.21. The summed E-state index contributed by atoms with van der Waals surface area (Å²) < 4.78 is 1.74. The van der Waals surface area contributed by atoms with Gasteiger partial charge in [0.05, 0.1) is 0 Å². The SMILES string of the molecule is Cc1cc(Cl)ccc1C(N)Cc1ncnn1C. The van der Waals surface area contributed by atoms with Crippen molar-refractivity contribution in [1.29, 1.82) is 0 Å². The van der Waals surface area contributed by atoms with E-state index in [1.54, 1.807) is 4.68 Å². The molecule has 0 spiro atoms. The van der Waals surface area contributed by atoms with Gasteiger partial charge < -0.3 is 5.73 Å². The van der Waals surface area contributed by atoms with Crippen LogP contribution in [0.1, 0.15) is 23.0 Å². The van der Waals surface area contributed by atoms with E-state index in [2.05, 4.69) is 10.1 Å². The zero-order chi connectivity index (χ0) is 12.4. The van der Waals surface area contributed by atoms with Crippen LogP contribution in [0.2, 0.25) is 5.02 Å². The molecule has 0 radical (unpaired) electrons. The molecule has 1 atom stereocenters. The summed E-state index contributed by atoms with van der Waals surface area (Å²) in [6.45, 7) is 2.01. The van der Waals surface area contributed by atoms with E-state index in [4.69, 9.17) is 17.3 Å². The lowest BCUT2D eigenvalue weighted by Crippen LogP contribution is -2.17. The van der Waals surface area contributed by atoms with Crippen molar-refractivity contribution in [3.8, 4) is 0 Å². The van der Waals surface area contributed by atoms with Gasteiger partial charge in [-0.1, -0.05) is 17.7 Å². The summed E-state index contributed by atoms with van der Waals surface area (Å²) in [5.41, 5.74) is 8.38. The lowest BCUT2D eigenvalue weighted by atomic mass is 9.99. The Hall–Kier alpha value is -1.39. The lowest BCUT2D eigenvalue weighted by molar-refractivity contribution is 0.627. The number of aromatic nitrogens is 3. The highest BCUT2D eigenvalue weighted by atomic mass is 35.5. The molecule has 0 aliphatic heterocycles. The summed E-state index contributed by atoms with van der Waals surface area (Å²) >= 11 is 5.92. The molecule has 0 saturated heterocycles. The summed E-state index contributed by atoms with van der Waals surface area (Å²) in [5, 5.41) is 4.76. The third-order valence-electron chi connectivity index (χ3n) is 2.84. The van der Waals surface area contributed by atoms with Crippen molar-refractivity contribution in [2.24, 2.45) is 12.8 Å². The Bertz CT molecular complexity index is 521. The Kier molecular flexibility index (Phi) is 3.45. The number of nitrogens with zero attached hydrogens (tertiary/aromatic N) is 3. The number of rotatable bonds is 3. The van der Waals surface area contributed by atoms with Crippen LogP contribution in [0.5, 0.6) is 0 Å². The van der Waals surface area contributed by atoms with Crippen molar-refractivity contribution >= 4 is 11.6 Å². The van der Waals surface area contributed by atoms with E-state index in [1.165, 1.54) is 6.33 Å². The third kappa shape index (κ3) is 2.65. The Morgan fingerprint density at radius 1 is 1.47 bits per heavy atom. The number of aryl methyl sites for hydroxylation is 2. The average Bonchev–Trinajstić information content (AvgIpc) is 2.64. The predicted octanol–water partition coefficient (Wildman–Crippen LogP) is 2.02. The van der Waals surface area contributed by atoms with Gasteiger partial charge in [0, 0.05) is 24.5 Å². The second-order valence-electron chi connectivity index (χ2n) is 4.11. The zero-order valence-electron chi connectivity index (χ0n) is 9.89. The van der Waals surface area contributed by atoms with Crippen LogP contribution >= 0.6 is 11.6 Å². The van der Waals surface area contributed by atoms with E-state index in [0.717, 1.165) is 22.0 Å². The van der Waals surface area contributed by atoms with E-state index in [1.807, 2.05) is 32.2 Å². The molecule has 5 heteroatoms. The van der Waals surface area contributed by atoms with E-state index in [-0.39, 0.29) is 6.04 Å². The number of hydrogen-bond donors (Lipinski definition) is 1. The molecule has 4 nitrogen and oxygen atoms in total. The first-order valence-electron chi connectivity index (χ1n) is 5.42. The molecule has 2 rings (SSSR count). The summed E-state index contributed by atoms with van der Waals surface area (Å²) in [6.07, 6.45) is 2.20. The van der Waals surface area contributed by atoms with Crippen LogP contribution in [-0.2, 0) is 13.5 Å². The number of nitrogens with two attached hydrogens (primary N) is 1. The first kappa shape index (κ1) is 12.1. The Morgan fingerprint density at radius 2 is 2.24 bits per heavy atom. The molecule has 2 aromatic rings. The molecule has 1 unspecified atom stereocenters. The predicted molar refractivity (Wildman–Crippen MR) is 67.8 cm³/mol. The third-order valence-corrected chi connectivity index (χ3v) is 3.07. The van der Waals surface area contributed by atoms with E-state index < -0.39 is 0 Å². The molecule has 0 fully saturated rings. The second-order valence-corrected chi connectivity index (χ2v) is 4.55. The van der Waals surface area contributed by atoms with Crippen molar-refractivity contribution in [2.75, 3.05) is 0 Å². The van der Waals surface area contributed by atoms with E-state index in [9.17, 15) is 0 Å². The fourth-order valence-corrected chi connectivity index (χ4v) is 2.09. The van der Waals surface area contributed by atoms with Crippen LogP contribution in [0.15, 0.2) is 24.5 Å². The van der Waals surface area contributed by atoms with Crippen molar-refractivity contribution in [3.63, 3.8) is 0 Å². The molecule has 17 heavy (non-hydrogen) atoms. The van der Waals surface area contributed by atoms with Crippen molar-refractivity contribution in [3.05, 3.63) is 46.5 Å².